The average molecular weight is 257 g/mol. The molecule has 4 nitrogen and oxygen atoms in total. The van der Waals surface area contributed by atoms with E-state index in [0.717, 1.165) is 11.3 Å². The van der Waals surface area contributed by atoms with Gasteiger partial charge in [0.2, 0.25) is 5.91 Å². The molecule has 1 aromatic rings. The first-order valence-electron chi connectivity index (χ1n) is 5.49. The number of hydrogen-bond acceptors (Lipinski definition) is 3. The van der Waals surface area contributed by atoms with Crippen molar-refractivity contribution in [2.75, 3.05) is 13.7 Å². The number of benzene rings is 1. The van der Waals surface area contributed by atoms with E-state index < -0.39 is 0 Å². The van der Waals surface area contributed by atoms with Gasteiger partial charge in [-0.3, -0.25) is 4.79 Å². The molecule has 0 saturated carbocycles. The summed E-state index contributed by atoms with van der Waals surface area (Å²) in [7, 11) is 1.62. The molecule has 0 unspecified atom stereocenters. The van der Waals surface area contributed by atoms with Crippen LogP contribution in [-0.4, -0.2) is 19.6 Å². The summed E-state index contributed by atoms with van der Waals surface area (Å²) in [5.41, 5.74) is 6.46. The van der Waals surface area contributed by atoms with Crippen molar-refractivity contribution >= 4 is 17.5 Å². The van der Waals surface area contributed by atoms with Crippen LogP contribution in [0.25, 0.3) is 0 Å². The van der Waals surface area contributed by atoms with Crippen LogP contribution in [-0.2, 0) is 11.3 Å². The van der Waals surface area contributed by atoms with Gasteiger partial charge in [0.15, 0.2) is 0 Å². The molecule has 0 aromatic heterocycles. The summed E-state index contributed by atoms with van der Waals surface area (Å²) in [6.45, 7) is 0.868. The molecule has 94 valence electrons. The molecule has 1 amide bonds. The molecular weight excluding hydrogens is 240 g/mol. The van der Waals surface area contributed by atoms with Gasteiger partial charge in [-0.05, 0) is 24.6 Å². The molecule has 0 aliphatic rings. The van der Waals surface area contributed by atoms with Crippen molar-refractivity contribution in [3.63, 3.8) is 0 Å². The Kier molecular flexibility index (Phi) is 5.80. The quantitative estimate of drug-likeness (QED) is 0.762. The van der Waals surface area contributed by atoms with Gasteiger partial charge < -0.3 is 15.8 Å². The minimum atomic E-state index is 0.0174. The first-order valence-corrected chi connectivity index (χ1v) is 5.87. The predicted molar refractivity (Wildman–Crippen MR) is 68.1 cm³/mol. The highest BCUT2D eigenvalue weighted by molar-refractivity contribution is 6.30. The van der Waals surface area contributed by atoms with Gasteiger partial charge in [-0.15, -0.1) is 0 Å². The zero-order chi connectivity index (χ0) is 12.7. The predicted octanol–water partition coefficient (Wildman–Crippen LogP) is 1.70. The van der Waals surface area contributed by atoms with Gasteiger partial charge in [0.1, 0.15) is 5.75 Å². The highest BCUT2D eigenvalue weighted by atomic mass is 35.5. The molecule has 17 heavy (non-hydrogen) atoms. The Labute approximate surface area is 106 Å². The Morgan fingerprint density at radius 2 is 2.29 bits per heavy atom. The molecular formula is C12H17ClN2O2. The lowest BCUT2D eigenvalue weighted by atomic mass is 10.2. The van der Waals surface area contributed by atoms with E-state index >= 15 is 0 Å². The average Bonchev–Trinajstić information content (AvgIpc) is 2.35. The van der Waals surface area contributed by atoms with E-state index in [-0.39, 0.29) is 5.91 Å². The van der Waals surface area contributed by atoms with Gasteiger partial charge in [0.25, 0.3) is 0 Å². The van der Waals surface area contributed by atoms with Gasteiger partial charge in [-0.2, -0.15) is 0 Å². The SMILES string of the molecule is CNC(=O)CCCOc1ccc(Cl)cc1CN. The van der Waals surface area contributed by atoms with Crippen molar-refractivity contribution in [3.05, 3.63) is 28.8 Å². The van der Waals surface area contributed by atoms with Crippen molar-refractivity contribution < 1.29 is 9.53 Å². The van der Waals surface area contributed by atoms with Gasteiger partial charge in [-0.1, -0.05) is 11.6 Å². The third kappa shape index (κ3) is 4.63. The number of rotatable bonds is 6. The summed E-state index contributed by atoms with van der Waals surface area (Å²) in [6.07, 6.45) is 1.13. The van der Waals surface area contributed by atoms with E-state index in [1.165, 1.54) is 0 Å². The summed E-state index contributed by atoms with van der Waals surface area (Å²) in [6, 6.07) is 5.34. The Hall–Kier alpha value is -1.26. The van der Waals surface area contributed by atoms with E-state index in [1.807, 2.05) is 0 Å². The smallest absolute Gasteiger partial charge is 0.219 e. The molecule has 1 aromatic carbocycles. The highest BCUT2D eigenvalue weighted by Crippen LogP contribution is 2.22. The number of ether oxygens (including phenoxy) is 1. The molecule has 0 spiro atoms. The fourth-order valence-electron chi connectivity index (χ4n) is 1.39. The molecule has 0 saturated heterocycles. The van der Waals surface area contributed by atoms with Crippen molar-refractivity contribution in [2.45, 2.75) is 19.4 Å². The van der Waals surface area contributed by atoms with Gasteiger partial charge in [-0.25, -0.2) is 0 Å². The monoisotopic (exact) mass is 256 g/mol. The zero-order valence-corrected chi connectivity index (χ0v) is 10.6. The number of halogens is 1. The van der Waals surface area contributed by atoms with Crippen LogP contribution in [0.15, 0.2) is 18.2 Å². The first-order chi connectivity index (χ1) is 8.17. The minimum Gasteiger partial charge on any atom is -0.493 e. The molecule has 3 N–H and O–H groups in total. The molecule has 0 aliphatic carbocycles. The third-order valence-electron chi connectivity index (χ3n) is 2.33. The van der Waals surface area contributed by atoms with Crippen molar-refractivity contribution in [3.8, 4) is 5.75 Å². The highest BCUT2D eigenvalue weighted by Gasteiger charge is 2.04. The molecule has 0 heterocycles. The Morgan fingerprint density at radius 1 is 1.53 bits per heavy atom. The number of hydrogen-bond donors (Lipinski definition) is 2. The fraction of sp³-hybridized carbons (Fsp3) is 0.417. The van der Waals surface area contributed by atoms with Crippen LogP contribution in [0.3, 0.4) is 0 Å². The standard InChI is InChI=1S/C12H17ClN2O2/c1-15-12(16)3-2-6-17-11-5-4-10(13)7-9(11)8-14/h4-5,7H,2-3,6,8,14H2,1H3,(H,15,16). The van der Waals surface area contributed by atoms with Crippen molar-refractivity contribution in [1.29, 1.82) is 0 Å². The maximum atomic E-state index is 11.0. The van der Waals surface area contributed by atoms with Crippen LogP contribution in [0.1, 0.15) is 18.4 Å². The number of nitrogens with one attached hydrogen (secondary N) is 1. The van der Waals surface area contributed by atoms with Gasteiger partial charge >= 0.3 is 0 Å². The number of amides is 1. The summed E-state index contributed by atoms with van der Waals surface area (Å²) in [4.78, 5) is 11.0. The summed E-state index contributed by atoms with van der Waals surface area (Å²) < 4.78 is 5.56. The van der Waals surface area contributed by atoms with Crippen LogP contribution in [0.5, 0.6) is 5.75 Å². The second kappa shape index (κ2) is 7.14. The number of carbonyl (C=O) groups is 1. The summed E-state index contributed by atoms with van der Waals surface area (Å²) in [5, 5.41) is 3.20. The van der Waals surface area contributed by atoms with Crippen molar-refractivity contribution in [1.82, 2.24) is 5.32 Å². The Balaban J connectivity index is 2.43. The topological polar surface area (TPSA) is 64.3 Å². The van der Waals surface area contributed by atoms with E-state index in [1.54, 1.807) is 25.2 Å². The second-order valence-electron chi connectivity index (χ2n) is 3.58. The summed E-state index contributed by atoms with van der Waals surface area (Å²) >= 11 is 5.85. The number of nitrogens with two attached hydrogens (primary N) is 1. The van der Waals surface area contributed by atoms with Crippen LogP contribution < -0.4 is 15.8 Å². The molecule has 0 atom stereocenters. The van der Waals surface area contributed by atoms with E-state index in [0.29, 0.717) is 31.0 Å². The third-order valence-corrected chi connectivity index (χ3v) is 2.56. The Morgan fingerprint density at radius 3 is 2.94 bits per heavy atom. The lowest BCUT2D eigenvalue weighted by molar-refractivity contribution is -0.120. The van der Waals surface area contributed by atoms with Gasteiger partial charge in [0.05, 0.1) is 6.61 Å². The Bertz CT molecular complexity index is 383. The first kappa shape index (κ1) is 13.8. The minimum absolute atomic E-state index is 0.0174. The molecule has 5 heteroatoms. The molecule has 0 bridgehead atoms. The maximum absolute atomic E-state index is 11.0. The second-order valence-corrected chi connectivity index (χ2v) is 4.02. The molecule has 0 aliphatic heterocycles. The summed E-state index contributed by atoms with van der Waals surface area (Å²) in [5.74, 6) is 0.748. The largest absolute Gasteiger partial charge is 0.493 e. The maximum Gasteiger partial charge on any atom is 0.219 e. The molecule has 1 rings (SSSR count). The lowest BCUT2D eigenvalue weighted by Gasteiger charge is -2.10. The normalized spacial score (nSPS) is 10.1. The number of carbonyl (C=O) groups excluding carboxylic acids is 1. The van der Waals surface area contributed by atoms with Gasteiger partial charge in [0, 0.05) is 30.6 Å². The van der Waals surface area contributed by atoms with Crippen LogP contribution >= 0.6 is 11.6 Å². The zero-order valence-electron chi connectivity index (χ0n) is 9.83. The van der Waals surface area contributed by atoms with Crippen LogP contribution in [0.4, 0.5) is 0 Å². The van der Waals surface area contributed by atoms with Crippen molar-refractivity contribution in [2.24, 2.45) is 5.73 Å². The fourth-order valence-corrected chi connectivity index (χ4v) is 1.58. The van der Waals surface area contributed by atoms with Crippen LogP contribution in [0.2, 0.25) is 5.02 Å². The van der Waals surface area contributed by atoms with E-state index in [2.05, 4.69) is 5.32 Å². The van der Waals surface area contributed by atoms with E-state index in [9.17, 15) is 4.79 Å². The molecule has 0 radical (unpaired) electrons. The molecule has 0 fully saturated rings. The van der Waals surface area contributed by atoms with E-state index in [4.69, 9.17) is 22.1 Å². The van der Waals surface area contributed by atoms with Crippen LogP contribution in [0, 0.1) is 0 Å². The lowest BCUT2D eigenvalue weighted by Crippen LogP contribution is -2.18.